The number of hydrogen-bond acceptors (Lipinski definition) is 5. The number of aliphatic hydroxyl groups excluding tert-OH is 1. The SMILES string of the molecule is CCC(=O)O[C@@]1(C(=O)S)[C@H](C)C[C@H]2[C@@H]3C[C@H](F)C4=CC5C=C(O5)[C@]4(C)C3(F)[C@@H](O)C[C@@]21C. The van der Waals surface area contributed by atoms with E-state index < -0.39 is 63.2 Å². The van der Waals surface area contributed by atoms with Gasteiger partial charge in [0.15, 0.2) is 11.3 Å². The van der Waals surface area contributed by atoms with Crippen LogP contribution in [-0.2, 0) is 19.1 Å². The predicted octanol–water partition coefficient (Wildman–Crippen LogP) is 3.86. The first-order chi connectivity index (χ1) is 14.9. The molecular formula is C24H30F2O5S. The molecule has 2 heterocycles. The molecule has 2 unspecified atom stereocenters. The molecule has 4 aliphatic carbocycles. The highest BCUT2D eigenvalue weighted by molar-refractivity contribution is 7.96. The van der Waals surface area contributed by atoms with E-state index >= 15 is 8.78 Å². The summed E-state index contributed by atoms with van der Waals surface area (Å²) < 4.78 is 44.4. The van der Waals surface area contributed by atoms with Crippen LogP contribution in [0.1, 0.15) is 53.4 Å². The summed E-state index contributed by atoms with van der Waals surface area (Å²) >= 11 is 4.12. The Hall–Kier alpha value is -1.41. The quantitative estimate of drug-likeness (QED) is 0.374. The Kier molecular flexibility index (Phi) is 4.61. The molecular weight excluding hydrogens is 438 g/mol. The lowest BCUT2D eigenvalue weighted by molar-refractivity contribution is -0.238. The number of alkyl halides is 2. The fraction of sp³-hybridized carbons (Fsp3) is 0.750. The minimum Gasteiger partial charge on any atom is -0.486 e. The Morgan fingerprint density at radius 1 is 1.28 bits per heavy atom. The summed E-state index contributed by atoms with van der Waals surface area (Å²) in [6.07, 6.45) is 0.429. The van der Waals surface area contributed by atoms with Crippen molar-refractivity contribution in [2.24, 2.45) is 28.6 Å². The summed E-state index contributed by atoms with van der Waals surface area (Å²) in [7, 11) is 0. The van der Waals surface area contributed by atoms with Crippen molar-refractivity contribution in [3.8, 4) is 0 Å². The normalized spacial score (nSPS) is 52.9. The lowest BCUT2D eigenvalue weighted by Gasteiger charge is -2.65. The van der Waals surface area contributed by atoms with Crippen LogP contribution in [-0.4, -0.2) is 45.8 Å². The maximum atomic E-state index is 17.3. The van der Waals surface area contributed by atoms with Crippen LogP contribution >= 0.6 is 12.6 Å². The molecule has 0 aromatic heterocycles. The zero-order valence-electron chi connectivity index (χ0n) is 18.7. The number of esters is 1. The highest BCUT2D eigenvalue weighted by Crippen LogP contribution is 2.73. The number of allylic oxidation sites excluding steroid dienone is 1. The summed E-state index contributed by atoms with van der Waals surface area (Å²) in [5.74, 6) is -2.00. The number of hydrogen-bond donors (Lipinski definition) is 2. The molecule has 0 amide bonds. The van der Waals surface area contributed by atoms with Crippen molar-refractivity contribution in [1.29, 1.82) is 0 Å². The van der Waals surface area contributed by atoms with E-state index in [2.05, 4.69) is 12.6 Å². The minimum absolute atomic E-state index is 0.0702. The van der Waals surface area contributed by atoms with E-state index in [0.29, 0.717) is 17.8 Å². The smallest absolute Gasteiger partial charge is 0.306 e. The number of carbonyl (C=O) groups excluding carboxylic acids is 2. The van der Waals surface area contributed by atoms with Crippen LogP contribution in [0.2, 0.25) is 0 Å². The molecule has 3 fully saturated rings. The van der Waals surface area contributed by atoms with E-state index in [9.17, 15) is 14.7 Å². The van der Waals surface area contributed by atoms with Crippen molar-refractivity contribution in [3.05, 3.63) is 23.5 Å². The zero-order valence-corrected chi connectivity index (χ0v) is 19.6. The van der Waals surface area contributed by atoms with Crippen LogP contribution in [0, 0.1) is 28.6 Å². The first kappa shape index (κ1) is 22.4. The predicted molar refractivity (Wildman–Crippen MR) is 115 cm³/mol. The average molecular weight is 469 g/mol. The molecule has 10 atom stereocenters. The van der Waals surface area contributed by atoms with Gasteiger partial charge in [-0.3, -0.25) is 9.59 Å². The number of halogens is 2. The van der Waals surface area contributed by atoms with Crippen LogP contribution in [0.3, 0.4) is 0 Å². The van der Waals surface area contributed by atoms with Crippen LogP contribution < -0.4 is 0 Å². The number of ether oxygens (including phenoxy) is 2. The number of thiol groups is 1. The van der Waals surface area contributed by atoms with Crippen molar-refractivity contribution >= 4 is 23.7 Å². The van der Waals surface area contributed by atoms with E-state index in [0.717, 1.165) is 0 Å². The summed E-state index contributed by atoms with van der Waals surface area (Å²) in [4.78, 5) is 25.3. The van der Waals surface area contributed by atoms with Crippen LogP contribution in [0.4, 0.5) is 8.78 Å². The molecule has 176 valence electrons. The Bertz CT molecular complexity index is 966. The van der Waals surface area contributed by atoms with E-state index in [1.165, 1.54) is 0 Å². The van der Waals surface area contributed by atoms with Gasteiger partial charge < -0.3 is 14.6 Å². The maximum Gasteiger partial charge on any atom is 0.306 e. The van der Waals surface area contributed by atoms with Crippen LogP contribution in [0.5, 0.6) is 0 Å². The van der Waals surface area contributed by atoms with E-state index in [-0.39, 0.29) is 25.4 Å². The summed E-state index contributed by atoms with van der Waals surface area (Å²) in [6.45, 7) is 6.81. The van der Waals surface area contributed by atoms with Crippen molar-refractivity contribution < 1.29 is 33.0 Å². The molecule has 0 radical (unpaired) electrons. The second-order valence-corrected chi connectivity index (χ2v) is 11.1. The molecule has 2 aliphatic heterocycles. The fourth-order valence-electron chi connectivity index (χ4n) is 7.98. The van der Waals surface area contributed by atoms with Gasteiger partial charge in [-0.2, -0.15) is 0 Å². The van der Waals surface area contributed by atoms with Gasteiger partial charge in [-0.05, 0) is 49.8 Å². The lowest BCUT2D eigenvalue weighted by atomic mass is 9.43. The molecule has 6 aliphatic rings. The number of rotatable bonds is 3. The van der Waals surface area contributed by atoms with Crippen molar-refractivity contribution in [2.75, 3.05) is 0 Å². The third-order valence-corrected chi connectivity index (χ3v) is 9.87. The monoisotopic (exact) mass is 468 g/mol. The molecule has 1 N–H and O–H groups in total. The average Bonchev–Trinajstić information content (AvgIpc) is 2.91. The Balaban J connectivity index is 1.66. The second-order valence-electron chi connectivity index (χ2n) is 10.7. The van der Waals surface area contributed by atoms with Gasteiger partial charge in [-0.15, -0.1) is 12.6 Å². The largest absolute Gasteiger partial charge is 0.486 e. The number of carbonyl (C=O) groups is 2. The highest BCUT2D eigenvalue weighted by Gasteiger charge is 2.79. The Morgan fingerprint density at radius 3 is 2.53 bits per heavy atom. The van der Waals surface area contributed by atoms with Crippen LogP contribution in [0.15, 0.2) is 23.5 Å². The Labute approximate surface area is 192 Å². The van der Waals surface area contributed by atoms with Crippen LogP contribution in [0.25, 0.3) is 0 Å². The first-order valence-corrected chi connectivity index (χ1v) is 11.9. The summed E-state index contributed by atoms with van der Waals surface area (Å²) in [5.41, 5.74) is -5.94. The number of fused-ring (bicyclic) bond motifs is 3. The van der Waals surface area contributed by atoms with Crippen molar-refractivity contribution in [1.82, 2.24) is 0 Å². The third kappa shape index (κ3) is 2.24. The molecule has 0 spiro atoms. The van der Waals surface area contributed by atoms with Gasteiger partial charge >= 0.3 is 5.97 Å². The second kappa shape index (κ2) is 6.59. The van der Waals surface area contributed by atoms with Crippen molar-refractivity contribution in [2.45, 2.75) is 83.0 Å². The van der Waals surface area contributed by atoms with E-state index in [4.69, 9.17) is 9.47 Å². The van der Waals surface area contributed by atoms with Gasteiger partial charge in [-0.1, -0.05) is 20.8 Å². The van der Waals surface area contributed by atoms with Gasteiger partial charge in [0.1, 0.15) is 18.0 Å². The van der Waals surface area contributed by atoms with Gasteiger partial charge in [0.2, 0.25) is 5.12 Å². The van der Waals surface area contributed by atoms with Gasteiger partial charge in [0, 0.05) is 23.7 Å². The van der Waals surface area contributed by atoms with Gasteiger partial charge in [0.25, 0.3) is 0 Å². The summed E-state index contributed by atoms with van der Waals surface area (Å²) in [5, 5.41) is 10.8. The fourth-order valence-corrected chi connectivity index (χ4v) is 8.50. The molecule has 32 heavy (non-hydrogen) atoms. The molecule has 5 nitrogen and oxygen atoms in total. The molecule has 0 aromatic carbocycles. The van der Waals surface area contributed by atoms with Gasteiger partial charge in [0.05, 0.1) is 11.5 Å². The number of aliphatic hydroxyl groups is 1. The minimum atomic E-state index is -2.17. The first-order valence-electron chi connectivity index (χ1n) is 11.4. The maximum absolute atomic E-state index is 17.3. The standard InChI is InChI=1S/C24H30F2O5S/c1-5-19(28)31-24(20(29)32)11(2)6-13-14-9-16(25)15-7-12-8-18(30-12)22(15,4)23(14,26)17(27)10-21(13,24)3/h7-8,11-14,16-17,27H,5-6,9-10H2,1-4H3,(H,29,32)/t11-,12?,13+,14+,16+,17+,21+,22-,23?,24-/m1/s1. The highest BCUT2D eigenvalue weighted by atomic mass is 32.1. The molecule has 8 heteroatoms. The molecule has 0 saturated heterocycles. The zero-order chi connectivity index (χ0) is 23.4. The molecule has 3 saturated carbocycles. The third-order valence-electron chi connectivity index (χ3n) is 9.53. The molecule has 0 aromatic rings. The molecule has 6 rings (SSSR count). The van der Waals surface area contributed by atoms with E-state index in [1.54, 1.807) is 39.8 Å². The molecule has 2 bridgehead atoms. The van der Waals surface area contributed by atoms with E-state index in [1.807, 2.05) is 0 Å². The van der Waals surface area contributed by atoms with Gasteiger partial charge in [-0.25, -0.2) is 8.78 Å². The summed E-state index contributed by atoms with van der Waals surface area (Å²) in [6, 6.07) is 0. The Morgan fingerprint density at radius 2 is 1.94 bits per heavy atom. The lowest BCUT2D eigenvalue weighted by Crippen LogP contribution is -2.72. The van der Waals surface area contributed by atoms with Crippen molar-refractivity contribution in [3.63, 3.8) is 0 Å². The topological polar surface area (TPSA) is 72.8 Å².